The SMILES string of the molecule is COCCNC(=O)C(C)NC(=O)C(C)N. The molecule has 0 aliphatic rings. The van der Waals surface area contributed by atoms with Crippen LogP contribution < -0.4 is 16.4 Å². The first-order valence-corrected chi connectivity index (χ1v) is 4.81. The van der Waals surface area contributed by atoms with Crippen LogP contribution in [0, 0.1) is 0 Å². The maximum Gasteiger partial charge on any atom is 0.242 e. The number of methoxy groups -OCH3 is 1. The number of carbonyl (C=O) groups is 2. The molecule has 2 amide bonds. The zero-order valence-corrected chi connectivity index (χ0v) is 9.37. The van der Waals surface area contributed by atoms with E-state index in [-0.39, 0.29) is 11.8 Å². The summed E-state index contributed by atoms with van der Waals surface area (Å²) in [6.45, 7) is 4.03. The summed E-state index contributed by atoms with van der Waals surface area (Å²) in [5, 5.41) is 5.10. The minimum atomic E-state index is -0.612. The molecule has 4 N–H and O–H groups in total. The van der Waals surface area contributed by atoms with E-state index < -0.39 is 12.1 Å². The van der Waals surface area contributed by atoms with Crippen molar-refractivity contribution in [3.63, 3.8) is 0 Å². The average molecular weight is 217 g/mol. The van der Waals surface area contributed by atoms with Crippen LogP contribution in [0.15, 0.2) is 0 Å². The number of rotatable bonds is 6. The zero-order valence-electron chi connectivity index (χ0n) is 9.37. The summed E-state index contributed by atoms with van der Waals surface area (Å²) in [7, 11) is 1.55. The molecule has 2 atom stereocenters. The lowest BCUT2D eigenvalue weighted by Crippen LogP contribution is -2.49. The van der Waals surface area contributed by atoms with Crippen LogP contribution in [0.1, 0.15) is 13.8 Å². The largest absolute Gasteiger partial charge is 0.383 e. The van der Waals surface area contributed by atoms with Gasteiger partial charge in [0.05, 0.1) is 12.6 Å². The van der Waals surface area contributed by atoms with Gasteiger partial charge in [0, 0.05) is 13.7 Å². The summed E-state index contributed by atoms with van der Waals surface area (Å²) in [5.41, 5.74) is 5.34. The second kappa shape index (κ2) is 7.19. The molecule has 0 saturated heterocycles. The van der Waals surface area contributed by atoms with Crippen LogP contribution in [0.2, 0.25) is 0 Å². The van der Waals surface area contributed by atoms with E-state index in [0.717, 1.165) is 0 Å². The molecule has 0 heterocycles. The third-order valence-corrected chi connectivity index (χ3v) is 1.77. The second-order valence-corrected chi connectivity index (χ2v) is 3.30. The first-order valence-electron chi connectivity index (χ1n) is 4.81. The fourth-order valence-corrected chi connectivity index (χ4v) is 0.840. The highest BCUT2D eigenvalue weighted by molar-refractivity contribution is 5.89. The van der Waals surface area contributed by atoms with Crippen LogP contribution in [-0.4, -0.2) is 44.2 Å². The van der Waals surface area contributed by atoms with E-state index in [4.69, 9.17) is 10.5 Å². The number of nitrogens with one attached hydrogen (secondary N) is 2. The summed E-state index contributed by atoms with van der Waals surface area (Å²) in [5.74, 6) is -0.592. The van der Waals surface area contributed by atoms with Gasteiger partial charge in [0.15, 0.2) is 0 Å². The molecule has 88 valence electrons. The number of ether oxygens (including phenoxy) is 1. The topological polar surface area (TPSA) is 93.5 Å². The Kier molecular flexibility index (Phi) is 6.64. The third-order valence-electron chi connectivity index (χ3n) is 1.77. The lowest BCUT2D eigenvalue weighted by atomic mass is 10.2. The van der Waals surface area contributed by atoms with E-state index in [2.05, 4.69) is 10.6 Å². The van der Waals surface area contributed by atoms with Crippen LogP contribution in [0.5, 0.6) is 0 Å². The molecule has 0 rings (SSSR count). The quantitative estimate of drug-likeness (QED) is 0.477. The minimum absolute atomic E-state index is 0.249. The smallest absolute Gasteiger partial charge is 0.242 e. The molecule has 6 nitrogen and oxygen atoms in total. The fraction of sp³-hybridized carbons (Fsp3) is 0.778. The number of amides is 2. The predicted molar refractivity (Wildman–Crippen MR) is 56.1 cm³/mol. The fourth-order valence-electron chi connectivity index (χ4n) is 0.840. The minimum Gasteiger partial charge on any atom is -0.383 e. The van der Waals surface area contributed by atoms with Crippen molar-refractivity contribution in [3.05, 3.63) is 0 Å². The maximum absolute atomic E-state index is 11.4. The molecule has 0 aromatic heterocycles. The Hall–Kier alpha value is -1.14. The number of carbonyl (C=O) groups excluding carboxylic acids is 2. The lowest BCUT2D eigenvalue weighted by Gasteiger charge is -2.15. The molecule has 0 bridgehead atoms. The molecule has 0 saturated carbocycles. The molecule has 0 aliphatic carbocycles. The molecule has 6 heteroatoms. The van der Waals surface area contributed by atoms with Crippen molar-refractivity contribution in [2.24, 2.45) is 5.73 Å². The van der Waals surface area contributed by atoms with Gasteiger partial charge in [-0.05, 0) is 13.8 Å². The Morgan fingerprint density at radius 1 is 1.33 bits per heavy atom. The van der Waals surface area contributed by atoms with Crippen LogP contribution >= 0.6 is 0 Å². The highest BCUT2D eigenvalue weighted by Crippen LogP contribution is 1.84. The van der Waals surface area contributed by atoms with Gasteiger partial charge < -0.3 is 21.1 Å². The van der Waals surface area contributed by atoms with Gasteiger partial charge in [0.2, 0.25) is 11.8 Å². The number of hydrogen-bond acceptors (Lipinski definition) is 4. The average Bonchev–Trinajstić information content (AvgIpc) is 2.17. The van der Waals surface area contributed by atoms with Gasteiger partial charge in [-0.2, -0.15) is 0 Å². The molecule has 0 aromatic rings. The lowest BCUT2D eigenvalue weighted by molar-refractivity contribution is -0.129. The van der Waals surface area contributed by atoms with E-state index in [1.165, 1.54) is 0 Å². The Labute approximate surface area is 89.5 Å². The first kappa shape index (κ1) is 13.9. The van der Waals surface area contributed by atoms with E-state index >= 15 is 0 Å². The molecule has 0 aromatic carbocycles. The van der Waals surface area contributed by atoms with Crippen LogP contribution in [0.25, 0.3) is 0 Å². The van der Waals surface area contributed by atoms with E-state index in [1.54, 1.807) is 21.0 Å². The monoisotopic (exact) mass is 217 g/mol. The Morgan fingerprint density at radius 3 is 2.40 bits per heavy atom. The number of hydrogen-bond donors (Lipinski definition) is 3. The molecule has 2 unspecified atom stereocenters. The van der Waals surface area contributed by atoms with Crippen molar-refractivity contribution in [2.45, 2.75) is 25.9 Å². The van der Waals surface area contributed by atoms with Crippen LogP contribution in [0.3, 0.4) is 0 Å². The van der Waals surface area contributed by atoms with Gasteiger partial charge in [-0.25, -0.2) is 0 Å². The zero-order chi connectivity index (χ0) is 11.8. The summed E-state index contributed by atoms with van der Waals surface area (Å²) in [6.07, 6.45) is 0. The first-order chi connectivity index (χ1) is 6.99. The molecule has 0 radical (unpaired) electrons. The van der Waals surface area contributed by atoms with Crippen molar-refractivity contribution < 1.29 is 14.3 Å². The molecule has 0 fully saturated rings. The van der Waals surface area contributed by atoms with E-state index in [1.807, 2.05) is 0 Å². The van der Waals surface area contributed by atoms with Crippen molar-refractivity contribution >= 4 is 11.8 Å². The molecular formula is C9H19N3O3. The normalized spacial score (nSPS) is 14.1. The van der Waals surface area contributed by atoms with Crippen molar-refractivity contribution in [2.75, 3.05) is 20.3 Å². The Bertz CT molecular complexity index is 219. The van der Waals surface area contributed by atoms with Gasteiger partial charge >= 0.3 is 0 Å². The van der Waals surface area contributed by atoms with E-state index in [0.29, 0.717) is 13.2 Å². The molecular weight excluding hydrogens is 198 g/mol. The number of nitrogens with two attached hydrogens (primary N) is 1. The third kappa shape index (κ3) is 6.03. The Morgan fingerprint density at radius 2 is 1.93 bits per heavy atom. The van der Waals surface area contributed by atoms with Crippen molar-refractivity contribution in [3.8, 4) is 0 Å². The summed E-state index contributed by atoms with van der Waals surface area (Å²) in [4.78, 5) is 22.5. The molecule has 15 heavy (non-hydrogen) atoms. The standard InChI is InChI=1S/C9H19N3O3/c1-6(10)8(13)12-7(2)9(14)11-4-5-15-3/h6-7H,4-5,10H2,1-3H3,(H,11,14)(H,12,13). The van der Waals surface area contributed by atoms with Crippen molar-refractivity contribution in [1.82, 2.24) is 10.6 Å². The second-order valence-electron chi connectivity index (χ2n) is 3.30. The summed E-state index contributed by atoms with van der Waals surface area (Å²) < 4.78 is 4.77. The highest BCUT2D eigenvalue weighted by Gasteiger charge is 2.16. The van der Waals surface area contributed by atoms with Gasteiger partial charge in [-0.1, -0.05) is 0 Å². The van der Waals surface area contributed by atoms with Crippen LogP contribution in [0.4, 0.5) is 0 Å². The van der Waals surface area contributed by atoms with Gasteiger partial charge in [-0.3, -0.25) is 9.59 Å². The van der Waals surface area contributed by atoms with Gasteiger partial charge in [0.25, 0.3) is 0 Å². The van der Waals surface area contributed by atoms with Gasteiger partial charge in [0.1, 0.15) is 6.04 Å². The van der Waals surface area contributed by atoms with E-state index in [9.17, 15) is 9.59 Å². The maximum atomic E-state index is 11.4. The highest BCUT2D eigenvalue weighted by atomic mass is 16.5. The molecule has 0 aliphatic heterocycles. The summed E-state index contributed by atoms with van der Waals surface area (Å²) in [6, 6.07) is -1.19. The van der Waals surface area contributed by atoms with Crippen LogP contribution in [-0.2, 0) is 14.3 Å². The molecule has 0 spiro atoms. The predicted octanol–water partition coefficient (Wildman–Crippen LogP) is -1.40. The Balaban J connectivity index is 3.83. The van der Waals surface area contributed by atoms with Crippen molar-refractivity contribution in [1.29, 1.82) is 0 Å². The van der Waals surface area contributed by atoms with Gasteiger partial charge in [-0.15, -0.1) is 0 Å². The summed E-state index contributed by atoms with van der Waals surface area (Å²) >= 11 is 0.